The highest BCUT2D eigenvalue weighted by Crippen LogP contribution is 2.40. The number of nitrogens with zero attached hydrogens (tertiary/aromatic N) is 4. The van der Waals surface area contributed by atoms with E-state index >= 15 is 0 Å². The number of fused-ring (bicyclic) bond motifs is 1. The van der Waals surface area contributed by atoms with Crippen molar-refractivity contribution in [3.05, 3.63) is 38.6 Å². The first-order chi connectivity index (χ1) is 13.3. The number of carbonyl (C=O) groups excluding carboxylic acids is 1. The molecular weight excluding hydrogens is 378 g/mol. The Morgan fingerprint density at radius 3 is 2.61 bits per heavy atom. The van der Waals surface area contributed by atoms with E-state index < -0.39 is 12.0 Å². The average molecular weight is 399 g/mol. The molecular formula is C19H21N5O3S. The fourth-order valence-corrected chi connectivity index (χ4v) is 4.28. The third-order valence-electron chi connectivity index (χ3n) is 4.95. The Hall–Kier alpha value is -2.81. The summed E-state index contributed by atoms with van der Waals surface area (Å²) in [4.78, 5) is 33.6. The molecule has 0 bridgehead atoms. The Labute approximate surface area is 165 Å². The Morgan fingerprint density at radius 2 is 2.00 bits per heavy atom. The van der Waals surface area contributed by atoms with Gasteiger partial charge in [-0.2, -0.15) is 5.10 Å². The molecule has 0 saturated heterocycles. The van der Waals surface area contributed by atoms with Crippen molar-refractivity contribution in [2.45, 2.75) is 45.6 Å². The highest BCUT2D eigenvalue weighted by molar-refractivity contribution is 7.13. The van der Waals surface area contributed by atoms with Crippen molar-refractivity contribution in [2.24, 2.45) is 7.05 Å². The van der Waals surface area contributed by atoms with E-state index in [1.54, 1.807) is 18.5 Å². The molecule has 1 aliphatic rings. The molecule has 1 fully saturated rings. The van der Waals surface area contributed by atoms with Crippen LogP contribution in [0.2, 0.25) is 0 Å². The standard InChI is InChI=1S/C19H21N5O3S/c1-8-14-12(7-13(11-5-6-11)22-16(14)24(4)23-8)17(25)20-10(3)18-21-9(2)15(28-18)19(26)27/h7,10-11H,5-6H2,1-4H3,(H,20,25)(H,26,27). The number of carbonyl (C=O) groups is 2. The fraction of sp³-hybridized carbons (Fsp3) is 0.421. The molecule has 1 unspecified atom stereocenters. The molecule has 0 radical (unpaired) electrons. The van der Waals surface area contributed by atoms with Crippen molar-refractivity contribution >= 4 is 34.2 Å². The summed E-state index contributed by atoms with van der Waals surface area (Å²) >= 11 is 1.09. The summed E-state index contributed by atoms with van der Waals surface area (Å²) in [6.45, 7) is 5.33. The van der Waals surface area contributed by atoms with Gasteiger partial charge in [0.15, 0.2) is 5.65 Å². The van der Waals surface area contributed by atoms with Gasteiger partial charge in [-0.25, -0.2) is 14.8 Å². The normalized spacial score (nSPS) is 15.0. The first-order valence-corrected chi connectivity index (χ1v) is 9.93. The number of thiazole rings is 1. The van der Waals surface area contributed by atoms with Gasteiger partial charge in [0.25, 0.3) is 5.91 Å². The first kappa shape index (κ1) is 18.5. The van der Waals surface area contributed by atoms with Gasteiger partial charge in [0.05, 0.1) is 28.4 Å². The van der Waals surface area contributed by atoms with Crippen LogP contribution in [0.25, 0.3) is 11.0 Å². The summed E-state index contributed by atoms with van der Waals surface area (Å²) in [5.74, 6) is -0.832. The van der Waals surface area contributed by atoms with E-state index in [0.29, 0.717) is 27.8 Å². The predicted octanol–water partition coefficient (Wildman–Crippen LogP) is 3.11. The van der Waals surface area contributed by atoms with Gasteiger partial charge in [-0.3, -0.25) is 9.48 Å². The third kappa shape index (κ3) is 3.15. The van der Waals surface area contributed by atoms with Crippen LogP contribution in [0.4, 0.5) is 0 Å². The van der Waals surface area contributed by atoms with Crippen LogP contribution in [0.15, 0.2) is 6.07 Å². The van der Waals surface area contributed by atoms with Crippen LogP contribution in [0, 0.1) is 13.8 Å². The van der Waals surface area contributed by atoms with Crippen LogP contribution in [0.3, 0.4) is 0 Å². The molecule has 3 aromatic rings. The minimum Gasteiger partial charge on any atom is -0.477 e. The lowest BCUT2D eigenvalue weighted by atomic mass is 10.1. The Balaban J connectivity index is 1.68. The number of carboxylic acids is 1. The van der Waals surface area contributed by atoms with Gasteiger partial charge in [0, 0.05) is 18.7 Å². The predicted molar refractivity (Wildman–Crippen MR) is 105 cm³/mol. The lowest BCUT2D eigenvalue weighted by molar-refractivity contribution is 0.0701. The first-order valence-electron chi connectivity index (χ1n) is 9.12. The summed E-state index contributed by atoms with van der Waals surface area (Å²) in [5, 5.41) is 17.9. The van der Waals surface area contributed by atoms with Gasteiger partial charge in [0.1, 0.15) is 9.88 Å². The van der Waals surface area contributed by atoms with Crippen molar-refractivity contribution in [3.63, 3.8) is 0 Å². The number of aromatic carboxylic acids is 1. The molecule has 1 saturated carbocycles. The summed E-state index contributed by atoms with van der Waals surface area (Å²) in [5.41, 5.74) is 3.39. The van der Waals surface area contributed by atoms with Gasteiger partial charge < -0.3 is 10.4 Å². The van der Waals surface area contributed by atoms with E-state index in [0.717, 1.165) is 41.0 Å². The molecule has 1 atom stereocenters. The second-order valence-corrected chi connectivity index (χ2v) is 8.27. The summed E-state index contributed by atoms with van der Waals surface area (Å²) in [6, 6.07) is 1.46. The number of amides is 1. The SMILES string of the molecule is Cc1nc(C(C)NC(=O)c2cc(C3CC3)nc3c2c(C)nn3C)sc1C(=O)O. The number of aromatic nitrogens is 4. The molecule has 146 valence electrons. The molecule has 4 rings (SSSR count). The van der Waals surface area contributed by atoms with Crippen molar-refractivity contribution in [2.75, 3.05) is 0 Å². The van der Waals surface area contributed by atoms with Crippen LogP contribution >= 0.6 is 11.3 Å². The smallest absolute Gasteiger partial charge is 0.347 e. The Morgan fingerprint density at radius 1 is 1.29 bits per heavy atom. The average Bonchev–Trinajstić information content (AvgIpc) is 3.35. The maximum Gasteiger partial charge on any atom is 0.347 e. The largest absolute Gasteiger partial charge is 0.477 e. The second-order valence-electron chi connectivity index (χ2n) is 7.24. The summed E-state index contributed by atoms with van der Waals surface area (Å²) < 4.78 is 1.71. The summed E-state index contributed by atoms with van der Waals surface area (Å²) in [7, 11) is 1.83. The van der Waals surface area contributed by atoms with Crippen LogP contribution < -0.4 is 5.32 Å². The molecule has 1 aliphatic carbocycles. The zero-order chi connectivity index (χ0) is 20.2. The number of aryl methyl sites for hydroxylation is 3. The molecule has 28 heavy (non-hydrogen) atoms. The minimum absolute atomic E-state index is 0.196. The van der Waals surface area contributed by atoms with Gasteiger partial charge in [-0.05, 0) is 39.7 Å². The number of pyridine rings is 1. The molecule has 3 heterocycles. The Bertz CT molecular complexity index is 1110. The topological polar surface area (TPSA) is 110 Å². The van der Waals surface area contributed by atoms with Gasteiger partial charge in [-0.1, -0.05) is 0 Å². The molecule has 1 amide bonds. The van der Waals surface area contributed by atoms with E-state index in [-0.39, 0.29) is 10.8 Å². The number of hydrogen-bond donors (Lipinski definition) is 2. The molecule has 2 N–H and O–H groups in total. The van der Waals surface area contributed by atoms with Crippen molar-refractivity contribution in [3.8, 4) is 0 Å². The minimum atomic E-state index is -1.00. The maximum absolute atomic E-state index is 13.1. The van der Waals surface area contributed by atoms with Gasteiger partial charge in [0.2, 0.25) is 0 Å². The number of hydrogen-bond acceptors (Lipinski definition) is 6. The van der Waals surface area contributed by atoms with E-state index in [2.05, 4.69) is 15.4 Å². The highest BCUT2D eigenvalue weighted by Gasteiger charge is 2.29. The molecule has 0 aliphatic heterocycles. The molecule has 8 nitrogen and oxygen atoms in total. The van der Waals surface area contributed by atoms with Crippen LogP contribution in [-0.2, 0) is 7.05 Å². The van der Waals surface area contributed by atoms with Crippen LogP contribution in [0.1, 0.15) is 73.8 Å². The molecule has 9 heteroatoms. The highest BCUT2D eigenvalue weighted by atomic mass is 32.1. The van der Waals surface area contributed by atoms with Crippen molar-refractivity contribution in [1.29, 1.82) is 0 Å². The number of rotatable bonds is 5. The van der Waals surface area contributed by atoms with E-state index in [1.165, 1.54) is 0 Å². The molecule has 0 spiro atoms. The zero-order valence-electron chi connectivity index (χ0n) is 16.1. The van der Waals surface area contributed by atoms with E-state index in [4.69, 9.17) is 4.98 Å². The van der Waals surface area contributed by atoms with E-state index in [9.17, 15) is 14.7 Å². The molecule has 0 aromatic carbocycles. The van der Waals surface area contributed by atoms with Gasteiger partial charge in [-0.15, -0.1) is 11.3 Å². The fourth-order valence-electron chi connectivity index (χ4n) is 3.37. The zero-order valence-corrected chi connectivity index (χ0v) is 16.9. The number of carboxylic acid groups (broad SMARTS) is 1. The van der Waals surface area contributed by atoms with Crippen LogP contribution in [-0.4, -0.2) is 36.7 Å². The second kappa shape index (κ2) is 6.66. The van der Waals surface area contributed by atoms with Crippen LogP contribution in [0.5, 0.6) is 0 Å². The quantitative estimate of drug-likeness (QED) is 0.682. The third-order valence-corrected chi connectivity index (χ3v) is 6.28. The van der Waals surface area contributed by atoms with Crippen molar-refractivity contribution < 1.29 is 14.7 Å². The lowest BCUT2D eigenvalue weighted by Crippen LogP contribution is -2.27. The molecule has 3 aromatic heterocycles. The monoisotopic (exact) mass is 399 g/mol. The van der Waals surface area contributed by atoms with E-state index in [1.807, 2.05) is 20.0 Å². The Kier molecular flexibility index (Phi) is 4.41. The maximum atomic E-state index is 13.1. The lowest BCUT2D eigenvalue weighted by Gasteiger charge is -2.13. The van der Waals surface area contributed by atoms with Gasteiger partial charge >= 0.3 is 5.97 Å². The van der Waals surface area contributed by atoms with Crippen molar-refractivity contribution in [1.82, 2.24) is 25.1 Å². The summed E-state index contributed by atoms with van der Waals surface area (Å²) in [6.07, 6.45) is 2.17. The number of nitrogens with one attached hydrogen (secondary N) is 1.